The Morgan fingerprint density at radius 3 is 2.56 bits per heavy atom. The van der Waals surface area contributed by atoms with Gasteiger partial charge in [-0.25, -0.2) is 0 Å². The molecule has 0 bridgehead atoms. The van der Waals surface area contributed by atoms with Crippen molar-refractivity contribution in [3.05, 3.63) is 35.9 Å². The third-order valence-corrected chi connectivity index (χ3v) is 2.88. The number of nitrogens with one attached hydrogen (secondary N) is 1. The number of hydrogen-bond acceptors (Lipinski definition) is 2. The molecule has 0 spiro atoms. The Balaban J connectivity index is 1.88. The minimum atomic E-state index is -0.278. The number of benzene rings is 1. The van der Waals surface area contributed by atoms with Crippen molar-refractivity contribution in [3.8, 4) is 0 Å². The molecule has 1 aromatic carbocycles. The fraction of sp³-hybridized carbons (Fsp3) is 0.462. The van der Waals surface area contributed by atoms with E-state index < -0.39 is 0 Å². The molecule has 2 atom stereocenters. The van der Waals surface area contributed by atoms with Crippen LogP contribution in [0.25, 0.3) is 0 Å². The maximum Gasteiger partial charge on any atom is 0.251 e. The van der Waals surface area contributed by atoms with Crippen LogP contribution in [0.4, 0.5) is 0 Å². The van der Waals surface area contributed by atoms with Gasteiger partial charge in [0.2, 0.25) is 0 Å². The van der Waals surface area contributed by atoms with E-state index in [1.165, 1.54) is 0 Å². The van der Waals surface area contributed by atoms with E-state index in [0.717, 1.165) is 5.56 Å². The number of rotatable bonds is 4. The summed E-state index contributed by atoms with van der Waals surface area (Å²) in [6.45, 7) is 4.67. The van der Waals surface area contributed by atoms with Crippen molar-refractivity contribution in [2.24, 2.45) is 5.92 Å². The Morgan fingerprint density at radius 2 is 2.00 bits per heavy atom. The first-order chi connectivity index (χ1) is 7.68. The number of carbonyl (C=O) groups is 1. The quantitative estimate of drug-likeness (QED) is 0.783. The van der Waals surface area contributed by atoms with Crippen molar-refractivity contribution in [3.63, 3.8) is 0 Å². The Hall–Kier alpha value is -1.35. The van der Waals surface area contributed by atoms with Crippen molar-refractivity contribution in [2.45, 2.75) is 32.6 Å². The van der Waals surface area contributed by atoms with Gasteiger partial charge in [0.05, 0.1) is 12.6 Å². The highest BCUT2D eigenvalue weighted by molar-refractivity contribution is 5.88. The fourth-order valence-electron chi connectivity index (χ4n) is 1.84. The lowest BCUT2D eigenvalue weighted by molar-refractivity contribution is -0.152. The van der Waals surface area contributed by atoms with Crippen molar-refractivity contribution in [1.29, 1.82) is 0 Å². The summed E-state index contributed by atoms with van der Waals surface area (Å²) in [7, 11) is 0. The van der Waals surface area contributed by atoms with Gasteiger partial charge in [-0.05, 0) is 11.5 Å². The molecule has 0 saturated carbocycles. The van der Waals surface area contributed by atoms with Gasteiger partial charge in [-0.2, -0.15) is 0 Å². The summed E-state index contributed by atoms with van der Waals surface area (Å²) < 4.78 is 5.64. The van der Waals surface area contributed by atoms with Gasteiger partial charge in [-0.15, -0.1) is 0 Å². The third kappa shape index (κ3) is 2.25. The van der Waals surface area contributed by atoms with Crippen molar-refractivity contribution in [1.82, 2.24) is 5.32 Å². The van der Waals surface area contributed by atoms with E-state index in [4.69, 9.17) is 4.74 Å². The number of carbonyl (C=O) groups excluding carboxylic acids is 1. The standard InChI is InChI=1S/C13H17NO2/c1-9(2)11-12(13(15)14-11)16-8-10-6-4-3-5-7-10/h3-7,9,11-12H,8H2,1-2H3,(H,14,15). The lowest BCUT2D eigenvalue weighted by atomic mass is 9.91. The maximum atomic E-state index is 11.3. The Labute approximate surface area is 95.8 Å². The zero-order valence-electron chi connectivity index (χ0n) is 9.64. The number of β-lactam (4-membered cyclic amide) rings is 1. The summed E-state index contributed by atoms with van der Waals surface area (Å²) in [6, 6.07) is 10.1. The summed E-state index contributed by atoms with van der Waals surface area (Å²) in [5.41, 5.74) is 1.10. The molecule has 1 N–H and O–H groups in total. The lowest BCUT2D eigenvalue weighted by Crippen LogP contribution is -2.65. The maximum absolute atomic E-state index is 11.3. The number of ether oxygens (including phenoxy) is 1. The smallest absolute Gasteiger partial charge is 0.251 e. The van der Waals surface area contributed by atoms with Gasteiger partial charge in [-0.3, -0.25) is 4.79 Å². The molecule has 2 rings (SSSR count). The third-order valence-electron chi connectivity index (χ3n) is 2.88. The van der Waals surface area contributed by atoms with E-state index in [2.05, 4.69) is 19.2 Å². The summed E-state index contributed by atoms with van der Waals surface area (Å²) >= 11 is 0. The van der Waals surface area contributed by atoms with Crippen LogP contribution in [0.1, 0.15) is 19.4 Å². The van der Waals surface area contributed by atoms with Gasteiger partial charge in [0.15, 0.2) is 6.10 Å². The second-order valence-corrected chi connectivity index (χ2v) is 4.50. The van der Waals surface area contributed by atoms with Crippen LogP contribution in [0, 0.1) is 5.92 Å². The molecule has 3 nitrogen and oxygen atoms in total. The summed E-state index contributed by atoms with van der Waals surface area (Å²) in [5, 5.41) is 2.86. The highest BCUT2D eigenvalue weighted by atomic mass is 16.5. The minimum Gasteiger partial charge on any atom is -0.362 e. The molecule has 16 heavy (non-hydrogen) atoms. The monoisotopic (exact) mass is 219 g/mol. The van der Waals surface area contributed by atoms with Gasteiger partial charge in [0.25, 0.3) is 5.91 Å². The molecular formula is C13H17NO2. The van der Waals surface area contributed by atoms with Crippen molar-refractivity contribution >= 4 is 5.91 Å². The zero-order valence-corrected chi connectivity index (χ0v) is 9.64. The van der Waals surface area contributed by atoms with Gasteiger partial charge in [0.1, 0.15) is 0 Å². The molecule has 1 aliphatic rings. The predicted octanol–water partition coefficient (Wildman–Crippen LogP) is 1.73. The average Bonchev–Trinajstić information content (AvgIpc) is 2.27. The van der Waals surface area contributed by atoms with Crippen LogP contribution in [0.3, 0.4) is 0 Å². The first-order valence-electron chi connectivity index (χ1n) is 5.64. The Morgan fingerprint density at radius 1 is 1.31 bits per heavy atom. The molecule has 1 saturated heterocycles. The van der Waals surface area contributed by atoms with Crippen molar-refractivity contribution < 1.29 is 9.53 Å². The van der Waals surface area contributed by atoms with Gasteiger partial charge >= 0.3 is 0 Å². The lowest BCUT2D eigenvalue weighted by Gasteiger charge is -2.39. The van der Waals surface area contributed by atoms with Crippen LogP contribution in [-0.2, 0) is 16.1 Å². The SMILES string of the molecule is CC(C)C1NC(=O)C1OCc1ccccc1. The van der Waals surface area contributed by atoms with Crippen LogP contribution in [0.2, 0.25) is 0 Å². The zero-order chi connectivity index (χ0) is 11.5. The molecule has 1 aromatic rings. The van der Waals surface area contributed by atoms with Crippen LogP contribution in [-0.4, -0.2) is 18.1 Å². The van der Waals surface area contributed by atoms with Crippen LogP contribution in [0.5, 0.6) is 0 Å². The van der Waals surface area contributed by atoms with E-state index in [1.54, 1.807) is 0 Å². The fourth-order valence-corrected chi connectivity index (χ4v) is 1.84. The normalized spacial score (nSPS) is 24.1. The van der Waals surface area contributed by atoms with E-state index in [0.29, 0.717) is 12.5 Å². The first-order valence-corrected chi connectivity index (χ1v) is 5.64. The minimum absolute atomic E-state index is 0.00892. The second kappa shape index (κ2) is 4.66. The molecule has 1 amide bonds. The molecule has 3 heteroatoms. The second-order valence-electron chi connectivity index (χ2n) is 4.50. The van der Waals surface area contributed by atoms with Crippen LogP contribution >= 0.6 is 0 Å². The number of hydrogen-bond donors (Lipinski definition) is 1. The van der Waals surface area contributed by atoms with E-state index >= 15 is 0 Å². The van der Waals surface area contributed by atoms with Gasteiger partial charge in [-0.1, -0.05) is 44.2 Å². The molecule has 0 aromatic heterocycles. The molecule has 0 aliphatic carbocycles. The molecule has 0 radical (unpaired) electrons. The summed E-state index contributed by atoms with van der Waals surface area (Å²) in [5.74, 6) is 0.424. The average molecular weight is 219 g/mol. The molecule has 86 valence electrons. The predicted molar refractivity (Wildman–Crippen MR) is 61.8 cm³/mol. The van der Waals surface area contributed by atoms with E-state index in [9.17, 15) is 4.79 Å². The highest BCUT2D eigenvalue weighted by Gasteiger charge is 2.41. The molecule has 2 unspecified atom stereocenters. The largest absolute Gasteiger partial charge is 0.362 e. The summed E-state index contributed by atoms with van der Waals surface area (Å²) in [4.78, 5) is 11.3. The highest BCUT2D eigenvalue weighted by Crippen LogP contribution is 2.19. The Bertz CT molecular complexity index is 361. The van der Waals surface area contributed by atoms with Crippen molar-refractivity contribution in [2.75, 3.05) is 0 Å². The molecule has 1 fully saturated rings. The van der Waals surface area contributed by atoms with E-state index in [-0.39, 0.29) is 18.1 Å². The van der Waals surface area contributed by atoms with Crippen LogP contribution < -0.4 is 5.32 Å². The van der Waals surface area contributed by atoms with E-state index in [1.807, 2.05) is 30.3 Å². The molecule has 1 heterocycles. The van der Waals surface area contributed by atoms with Gasteiger partial charge in [0, 0.05) is 0 Å². The summed E-state index contributed by atoms with van der Waals surface area (Å²) in [6.07, 6.45) is -0.278. The number of amides is 1. The topological polar surface area (TPSA) is 38.3 Å². The Kier molecular flexibility index (Phi) is 3.25. The molecular weight excluding hydrogens is 202 g/mol. The first kappa shape index (κ1) is 11.1. The van der Waals surface area contributed by atoms with Gasteiger partial charge < -0.3 is 10.1 Å². The van der Waals surface area contributed by atoms with Crippen LogP contribution in [0.15, 0.2) is 30.3 Å². The molecule has 1 aliphatic heterocycles.